The lowest BCUT2D eigenvalue weighted by molar-refractivity contribution is 0.0380. The first-order chi connectivity index (χ1) is 8.04. The van der Waals surface area contributed by atoms with Gasteiger partial charge in [0.05, 0.1) is 18.3 Å². The van der Waals surface area contributed by atoms with Crippen LogP contribution in [0.15, 0.2) is 18.3 Å². The fourth-order valence-electron chi connectivity index (χ4n) is 1.40. The number of hydrogen-bond donors (Lipinski definition) is 2. The van der Waals surface area contributed by atoms with Crippen molar-refractivity contribution in [1.29, 1.82) is 0 Å². The van der Waals surface area contributed by atoms with Gasteiger partial charge in [-0.25, -0.2) is 4.98 Å². The van der Waals surface area contributed by atoms with Gasteiger partial charge in [-0.1, -0.05) is 0 Å². The molecule has 0 radical (unpaired) electrons. The van der Waals surface area contributed by atoms with Crippen LogP contribution in [0.5, 0.6) is 0 Å². The number of nitrogen functional groups attached to an aromatic ring is 1. The van der Waals surface area contributed by atoms with Gasteiger partial charge in [-0.2, -0.15) is 0 Å². The topological polar surface area (TPSA) is 88.7 Å². The Morgan fingerprint density at radius 2 is 2.35 bits per heavy atom. The van der Waals surface area contributed by atoms with E-state index in [9.17, 15) is 9.90 Å². The summed E-state index contributed by atoms with van der Waals surface area (Å²) < 4.78 is 4.79. The van der Waals surface area contributed by atoms with Gasteiger partial charge in [0.15, 0.2) is 0 Å². The van der Waals surface area contributed by atoms with Gasteiger partial charge in [-0.15, -0.1) is 0 Å². The predicted octanol–water partition coefficient (Wildman–Crippen LogP) is -0.257. The molecule has 0 aliphatic carbocycles. The Hall–Kier alpha value is -1.66. The Bertz CT molecular complexity index is 367. The fourth-order valence-corrected chi connectivity index (χ4v) is 1.40. The van der Waals surface area contributed by atoms with Crippen molar-refractivity contribution in [3.05, 3.63) is 23.9 Å². The molecule has 6 heteroatoms. The summed E-state index contributed by atoms with van der Waals surface area (Å²) in [7, 11) is 3.10. The number of pyridine rings is 1. The number of aromatic nitrogens is 1. The van der Waals surface area contributed by atoms with E-state index in [4.69, 9.17) is 10.5 Å². The number of carbonyl (C=O) groups excluding carboxylic acids is 1. The Morgan fingerprint density at radius 1 is 1.65 bits per heavy atom. The first-order valence-corrected chi connectivity index (χ1v) is 5.18. The average molecular weight is 239 g/mol. The third-order valence-electron chi connectivity index (χ3n) is 2.22. The highest BCUT2D eigenvalue weighted by molar-refractivity contribution is 5.93. The van der Waals surface area contributed by atoms with E-state index in [0.717, 1.165) is 0 Å². The highest BCUT2D eigenvalue weighted by Crippen LogP contribution is 2.05. The second-order valence-electron chi connectivity index (χ2n) is 3.77. The smallest absolute Gasteiger partial charge is 0.255 e. The first-order valence-electron chi connectivity index (χ1n) is 5.18. The number of hydrogen-bond acceptors (Lipinski definition) is 5. The molecule has 0 fully saturated rings. The molecule has 0 spiro atoms. The van der Waals surface area contributed by atoms with E-state index < -0.39 is 6.10 Å². The molecule has 94 valence electrons. The van der Waals surface area contributed by atoms with Crippen molar-refractivity contribution in [2.24, 2.45) is 0 Å². The number of carbonyl (C=O) groups is 1. The molecule has 3 N–H and O–H groups in total. The average Bonchev–Trinajstić information content (AvgIpc) is 2.29. The second-order valence-corrected chi connectivity index (χ2v) is 3.77. The molecule has 0 aliphatic heterocycles. The van der Waals surface area contributed by atoms with Crippen LogP contribution in [0.25, 0.3) is 0 Å². The van der Waals surface area contributed by atoms with Crippen molar-refractivity contribution in [1.82, 2.24) is 9.88 Å². The van der Waals surface area contributed by atoms with E-state index in [1.807, 2.05) is 0 Å². The van der Waals surface area contributed by atoms with Crippen LogP contribution < -0.4 is 5.73 Å². The first kappa shape index (κ1) is 13.4. The summed E-state index contributed by atoms with van der Waals surface area (Å²) in [6.07, 6.45) is 0.715. The Kier molecular flexibility index (Phi) is 4.86. The highest BCUT2D eigenvalue weighted by Gasteiger charge is 2.15. The lowest BCUT2D eigenvalue weighted by atomic mass is 10.2. The van der Waals surface area contributed by atoms with E-state index in [0.29, 0.717) is 11.4 Å². The van der Waals surface area contributed by atoms with Crippen LogP contribution in [0.3, 0.4) is 0 Å². The number of methoxy groups -OCH3 is 1. The lowest BCUT2D eigenvalue weighted by Crippen LogP contribution is -2.36. The maximum absolute atomic E-state index is 11.9. The molecule has 1 aromatic rings. The molecule has 1 amide bonds. The number of nitrogens with zero attached hydrogens (tertiary/aromatic N) is 2. The summed E-state index contributed by atoms with van der Waals surface area (Å²) in [6.45, 7) is 0.397. The quantitative estimate of drug-likeness (QED) is 0.739. The molecule has 0 bridgehead atoms. The van der Waals surface area contributed by atoms with Gasteiger partial charge in [0.25, 0.3) is 5.91 Å². The molecular formula is C11H17N3O3. The van der Waals surface area contributed by atoms with Crippen LogP contribution in [0.4, 0.5) is 5.82 Å². The van der Waals surface area contributed by atoms with Gasteiger partial charge in [-0.05, 0) is 12.1 Å². The lowest BCUT2D eigenvalue weighted by Gasteiger charge is -2.20. The number of nitrogens with two attached hydrogens (primary N) is 1. The SMILES string of the molecule is COCC(O)CN(C)C(=O)c1ccc(N)nc1. The maximum Gasteiger partial charge on any atom is 0.255 e. The van der Waals surface area contributed by atoms with Crippen molar-refractivity contribution in [2.75, 3.05) is 33.0 Å². The van der Waals surface area contributed by atoms with Crippen molar-refractivity contribution in [3.63, 3.8) is 0 Å². The molecule has 1 aromatic heterocycles. The third kappa shape index (κ3) is 4.01. The molecule has 0 aromatic carbocycles. The van der Waals surface area contributed by atoms with E-state index >= 15 is 0 Å². The number of aliphatic hydroxyl groups is 1. The largest absolute Gasteiger partial charge is 0.389 e. The summed E-state index contributed by atoms with van der Waals surface area (Å²) in [6, 6.07) is 3.16. The summed E-state index contributed by atoms with van der Waals surface area (Å²) in [4.78, 5) is 17.1. The summed E-state index contributed by atoms with van der Waals surface area (Å²) in [5.41, 5.74) is 5.87. The van der Waals surface area contributed by atoms with Crippen LogP contribution in [0, 0.1) is 0 Å². The van der Waals surface area contributed by atoms with Gasteiger partial charge in [0, 0.05) is 26.9 Å². The van der Waals surface area contributed by atoms with E-state index in [-0.39, 0.29) is 19.1 Å². The predicted molar refractivity (Wildman–Crippen MR) is 63.5 cm³/mol. The molecule has 0 aliphatic rings. The fraction of sp³-hybridized carbons (Fsp3) is 0.455. The Morgan fingerprint density at radius 3 is 2.88 bits per heavy atom. The molecule has 1 unspecified atom stereocenters. The minimum atomic E-state index is -0.698. The van der Waals surface area contributed by atoms with Gasteiger partial charge < -0.3 is 20.5 Å². The van der Waals surface area contributed by atoms with Crippen molar-refractivity contribution in [2.45, 2.75) is 6.10 Å². The number of aliphatic hydroxyl groups excluding tert-OH is 1. The van der Waals surface area contributed by atoms with Crippen molar-refractivity contribution < 1.29 is 14.6 Å². The van der Waals surface area contributed by atoms with E-state index in [2.05, 4.69) is 4.98 Å². The maximum atomic E-state index is 11.9. The van der Waals surface area contributed by atoms with Crippen LogP contribution in [0.1, 0.15) is 10.4 Å². The Labute approximate surface area is 100 Å². The summed E-state index contributed by atoms with van der Waals surface area (Å²) in [5, 5.41) is 9.50. The number of rotatable bonds is 5. The van der Waals surface area contributed by atoms with Gasteiger partial charge in [0.2, 0.25) is 0 Å². The molecule has 0 saturated heterocycles. The normalized spacial score (nSPS) is 12.2. The van der Waals surface area contributed by atoms with Crippen molar-refractivity contribution >= 4 is 11.7 Å². The molecule has 0 saturated carbocycles. The third-order valence-corrected chi connectivity index (χ3v) is 2.22. The van der Waals surface area contributed by atoms with E-state index in [1.165, 1.54) is 18.2 Å². The minimum Gasteiger partial charge on any atom is -0.389 e. The molecule has 1 heterocycles. The zero-order chi connectivity index (χ0) is 12.8. The second kappa shape index (κ2) is 6.17. The summed E-state index contributed by atoms with van der Waals surface area (Å²) >= 11 is 0. The highest BCUT2D eigenvalue weighted by atomic mass is 16.5. The number of amides is 1. The van der Waals surface area contributed by atoms with Crippen LogP contribution >= 0.6 is 0 Å². The van der Waals surface area contributed by atoms with Gasteiger partial charge in [-0.3, -0.25) is 4.79 Å². The molecular weight excluding hydrogens is 222 g/mol. The number of anilines is 1. The van der Waals surface area contributed by atoms with Crippen molar-refractivity contribution in [3.8, 4) is 0 Å². The molecule has 17 heavy (non-hydrogen) atoms. The van der Waals surface area contributed by atoms with Crippen LogP contribution in [0.2, 0.25) is 0 Å². The van der Waals surface area contributed by atoms with Crippen LogP contribution in [-0.2, 0) is 4.74 Å². The zero-order valence-electron chi connectivity index (χ0n) is 9.96. The van der Waals surface area contributed by atoms with E-state index in [1.54, 1.807) is 19.2 Å². The number of ether oxygens (including phenoxy) is 1. The van der Waals surface area contributed by atoms with Crippen LogP contribution in [-0.4, -0.2) is 54.3 Å². The molecule has 1 atom stereocenters. The molecule has 6 nitrogen and oxygen atoms in total. The van der Waals surface area contributed by atoms with Gasteiger partial charge >= 0.3 is 0 Å². The zero-order valence-corrected chi connectivity index (χ0v) is 9.96. The minimum absolute atomic E-state index is 0.192. The molecule has 1 rings (SSSR count). The van der Waals surface area contributed by atoms with Gasteiger partial charge in [0.1, 0.15) is 5.82 Å². The number of likely N-dealkylation sites (N-methyl/N-ethyl adjacent to an activating group) is 1. The summed E-state index contributed by atoms with van der Waals surface area (Å²) in [5.74, 6) is 0.149. The standard InChI is InChI=1S/C11H17N3O3/c1-14(6-9(15)7-17-2)11(16)8-3-4-10(12)13-5-8/h3-5,9,15H,6-7H2,1-2H3,(H2,12,13). The Balaban J connectivity index is 2.60. The monoisotopic (exact) mass is 239 g/mol.